The van der Waals surface area contributed by atoms with E-state index in [-0.39, 0.29) is 12.5 Å². The largest absolute Gasteiger partial charge is 0.480 e. The maximum atomic E-state index is 13.0. The second kappa shape index (κ2) is 8.86. The summed E-state index contributed by atoms with van der Waals surface area (Å²) >= 11 is 1.50. The zero-order valence-corrected chi connectivity index (χ0v) is 18.9. The number of nitrogens with zero attached hydrogens (tertiary/aromatic N) is 1. The summed E-state index contributed by atoms with van der Waals surface area (Å²) in [5.74, 6) is -0.554. The monoisotopic (exact) mass is 454 g/mol. The molecule has 2 N–H and O–H groups in total. The van der Waals surface area contributed by atoms with E-state index in [9.17, 15) is 19.5 Å². The smallest absolute Gasteiger partial charge is 0.408 e. The molecular formula is C24H26N2O5S. The van der Waals surface area contributed by atoms with Crippen LogP contribution in [0.3, 0.4) is 0 Å². The molecule has 1 aliphatic heterocycles. The molecule has 2 aromatic carbocycles. The van der Waals surface area contributed by atoms with Crippen molar-refractivity contribution in [3.05, 3.63) is 59.7 Å². The van der Waals surface area contributed by atoms with Gasteiger partial charge in [-0.1, -0.05) is 48.5 Å². The third-order valence-electron chi connectivity index (χ3n) is 5.97. The minimum atomic E-state index is -1.29. The van der Waals surface area contributed by atoms with Crippen LogP contribution in [0.15, 0.2) is 48.5 Å². The molecule has 1 aliphatic carbocycles. The molecule has 4 rings (SSSR count). The first kappa shape index (κ1) is 22.2. The highest BCUT2D eigenvalue weighted by molar-refractivity contribution is 7.99. The van der Waals surface area contributed by atoms with Gasteiger partial charge in [-0.2, -0.15) is 11.8 Å². The normalized spacial score (nSPS) is 17.9. The van der Waals surface area contributed by atoms with Crippen molar-refractivity contribution in [2.24, 2.45) is 0 Å². The Hall–Kier alpha value is -3.00. The van der Waals surface area contributed by atoms with E-state index in [1.165, 1.54) is 16.7 Å². The summed E-state index contributed by atoms with van der Waals surface area (Å²) in [6, 6.07) is 15.2. The van der Waals surface area contributed by atoms with Crippen molar-refractivity contribution in [2.45, 2.75) is 31.3 Å². The third kappa shape index (κ3) is 4.19. The molecule has 2 amide bonds. The molecule has 1 saturated heterocycles. The van der Waals surface area contributed by atoms with Gasteiger partial charge in [0.2, 0.25) is 5.91 Å². The number of alkyl carbamates (subject to hydrolysis) is 1. The lowest BCUT2D eigenvalue weighted by atomic mass is 9.98. The Morgan fingerprint density at radius 1 is 1.09 bits per heavy atom. The molecule has 0 saturated carbocycles. The second-order valence-corrected chi connectivity index (χ2v) is 9.65. The first-order chi connectivity index (χ1) is 15.3. The van der Waals surface area contributed by atoms with Gasteiger partial charge in [-0.15, -0.1) is 0 Å². The number of nitrogens with one attached hydrogen (secondary N) is 1. The summed E-state index contributed by atoms with van der Waals surface area (Å²) in [5.41, 5.74) is 3.18. The summed E-state index contributed by atoms with van der Waals surface area (Å²) in [4.78, 5) is 38.5. The van der Waals surface area contributed by atoms with E-state index >= 15 is 0 Å². The number of carbonyl (C=O) groups excluding carboxylic acids is 2. The molecule has 32 heavy (non-hydrogen) atoms. The van der Waals surface area contributed by atoms with E-state index in [0.717, 1.165) is 22.3 Å². The Morgan fingerprint density at radius 3 is 2.28 bits per heavy atom. The van der Waals surface area contributed by atoms with Gasteiger partial charge >= 0.3 is 12.1 Å². The Labute approximate surface area is 191 Å². The van der Waals surface area contributed by atoms with Gasteiger partial charge < -0.3 is 20.1 Å². The minimum absolute atomic E-state index is 0.0810. The van der Waals surface area contributed by atoms with E-state index < -0.39 is 29.6 Å². The molecule has 0 aromatic heterocycles. The number of carboxylic acid groups (broad SMARTS) is 1. The van der Waals surface area contributed by atoms with Gasteiger partial charge in [-0.05, 0) is 36.1 Å². The Morgan fingerprint density at radius 2 is 1.69 bits per heavy atom. The number of hydrogen-bond acceptors (Lipinski definition) is 5. The quantitative estimate of drug-likeness (QED) is 0.720. The number of carboxylic acids is 1. The van der Waals surface area contributed by atoms with Crippen LogP contribution in [-0.4, -0.2) is 64.2 Å². The molecule has 2 aromatic rings. The van der Waals surface area contributed by atoms with Crippen molar-refractivity contribution in [3.63, 3.8) is 0 Å². The summed E-state index contributed by atoms with van der Waals surface area (Å²) in [6.45, 7) is 3.60. The number of carbonyl (C=O) groups is 3. The number of ether oxygens (including phenoxy) is 1. The second-order valence-electron chi connectivity index (χ2n) is 8.50. The van der Waals surface area contributed by atoms with Crippen LogP contribution in [-0.2, 0) is 14.3 Å². The van der Waals surface area contributed by atoms with Crippen LogP contribution in [0, 0.1) is 0 Å². The van der Waals surface area contributed by atoms with Gasteiger partial charge in [-0.3, -0.25) is 4.79 Å². The Kier molecular flexibility index (Phi) is 6.15. The summed E-state index contributed by atoms with van der Waals surface area (Å²) in [5, 5.41) is 12.1. The van der Waals surface area contributed by atoms with Crippen molar-refractivity contribution < 1.29 is 24.2 Å². The number of thioether (sulfide) groups is 1. The maximum Gasteiger partial charge on any atom is 0.408 e. The number of amides is 2. The molecule has 1 heterocycles. The predicted octanol–water partition coefficient (Wildman–Crippen LogP) is 3.33. The fraction of sp³-hybridized carbons (Fsp3) is 0.375. The molecule has 0 radical (unpaired) electrons. The van der Waals surface area contributed by atoms with Gasteiger partial charge in [0.05, 0.1) is 0 Å². The number of aliphatic carboxylic acids is 1. The lowest BCUT2D eigenvalue weighted by molar-refractivity contribution is -0.151. The van der Waals surface area contributed by atoms with E-state index in [0.29, 0.717) is 18.1 Å². The number of benzene rings is 2. The van der Waals surface area contributed by atoms with Gasteiger partial charge in [0, 0.05) is 24.0 Å². The fourth-order valence-corrected chi connectivity index (χ4v) is 5.39. The van der Waals surface area contributed by atoms with Crippen molar-refractivity contribution in [3.8, 4) is 11.1 Å². The van der Waals surface area contributed by atoms with Crippen LogP contribution in [0.4, 0.5) is 4.79 Å². The first-order valence-electron chi connectivity index (χ1n) is 10.5. The average Bonchev–Trinajstić information content (AvgIpc) is 3.10. The fourth-order valence-electron chi connectivity index (χ4n) is 4.35. The predicted molar refractivity (Wildman–Crippen MR) is 123 cm³/mol. The zero-order chi connectivity index (χ0) is 22.9. The summed E-state index contributed by atoms with van der Waals surface area (Å²) in [7, 11) is 0. The van der Waals surface area contributed by atoms with Crippen molar-refractivity contribution >= 4 is 29.7 Å². The number of fused-ring (bicyclic) bond motifs is 3. The molecule has 8 heteroatoms. The van der Waals surface area contributed by atoms with Crippen molar-refractivity contribution in [2.75, 3.05) is 24.7 Å². The maximum absolute atomic E-state index is 13.0. The van der Waals surface area contributed by atoms with Gasteiger partial charge in [0.1, 0.15) is 18.2 Å². The Bertz CT molecular complexity index is 1010. The lowest BCUT2D eigenvalue weighted by Crippen LogP contribution is -2.61. The van der Waals surface area contributed by atoms with Crippen LogP contribution in [0.1, 0.15) is 30.9 Å². The zero-order valence-electron chi connectivity index (χ0n) is 18.0. The summed E-state index contributed by atoms with van der Waals surface area (Å²) in [6.07, 6.45) is -0.705. The molecule has 0 bridgehead atoms. The van der Waals surface area contributed by atoms with Crippen LogP contribution >= 0.6 is 11.8 Å². The van der Waals surface area contributed by atoms with Gasteiger partial charge in [0.25, 0.3) is 0 Å². The van der Waals surface area contributed by atoms with Crippen LogP contribution in [0.5, 0.6) is 0 Å². The minimum Gasteiger partial charge on any atom is -0.480 e. The average molecular weight is 455 g/mol. The molecule has 0 spiro atoms. The lowest BCUT2D eigenvalue weighted by Gasteiger charge is -2.38. The van der Waals surface area contributed by atoms with E-state index in [1.807, 2.05) is 36.4 Å². The van der Waals surface area contributed by atoms with E-state index in [1.54, 1.807) is 13.8 Å². The van der Waals surface area contributed by atoms with Gasteiger partial charge in [0.15, 0.2) is 0 Å². The van der Waals surface area contributed by atoms with E-state index in [4.69, 9.17) is 4.74 Å². The molecule has 7 nitrogen and oxygen atoms in total. The van der Waals surface area contributed by atoms with Crippen LogP contribution in [0.2, 0.25) is 0 Å². The van der Waals surface area contributed by atoms with Crippen molar-refractivity contribution in [1.82, 2.24) is 10.2 Å². The molecule has 1 fully saturated rings. The Balaban J connectivity index is 1.43. The molecule has 2 aliphatic rings. The molecule has 1 unspecified atom stereocenters. The standard InChI is InChI=1S/C24H26N2O5S/c1-24(2,22(29)26-11-12-32-14-20(26)21(27)28)25-23(30)31-13-19-17-9-5-3-7-15(17)16-8-4-6-10-18(16)19/h3-10,19-20H,11-14H2,1-2H3,(H,25,30)(H,27,28). The molecule has 1 atom stereocenters. The van der Waals surface area contributed by atoms with E-state index in [2.05, 4.69) is 17.4 Å². The van der Waals surface area contributed by atoms with Crippen molar-refractivity contribution in [1.29, 1.82) is 0 Å². The van der Waals surface area contributed by atoms with Crippen LogP contribution in [0.25, 0.3) is 11.1 Å². The number of hydrogen-bond donors (Lipinski definition) is 2. The van der Waals surface area contributed by atoms with Gasteiger partial charge in [-0.25, -0.2) is 9.59 Å². The summed E-state index contributed by atoms with van der Waals surface area (Å²) < 4.78 is 5.55. The SMILES string of the molecule is CC(C)(NC(=O)OCC1c2ccccc2-c2ccccc21)C(=O)N1CCSCC1C(=O)O. The highest BCUT2D eigenvalue weighted by Crippen LogP contribution is 2.44. The first-order valence-corrected chi connectivity index (χ1v) is 11.7. The van der Waals surface area contributed by atoms with Crippen LogP contribution < -0.4 is 5.32 Å². The topological polar surface area (TPSA) is 95.9 Å². The molecular weight excluding hydrogens is 428 g/mol. The highest BCUT2D eigenvalue weighted by atomic mass is 32.2. The highest BCUT2D eigenvalue weighted by Gasteiger charge is 2.41. The number of rotatable bonds is 5. The molecule has 168 valence electrons. The third-order valence-corrected chi connectivity index (χ3v) is 6.99.